The van der Waals surface area contributed by atoms with Gasteiger partial charge in [0.1, 0.15) is 12.2 Å². The molecule has 1 N–H and O–H groups in total. The molecule has 1 saturated heterocycles. The van der Waals surface area contributed by atoms with E-state index in [2.05, 4.69) is 9.97 Å². The Hall–Kier alpha value is -2.39. The minimum Gasteiger partial charge on any atom is -0.358 e. The molecule has 1 saturated carbocycles. The number of morpholine rings is 1. The first-order chi connectivity index (χ1) is 18.4. The minimum absolute atomic E-state index is 0.0896. The number of aromatic nitrogens is 2. The van der Waals surface area contributed by atoms with Crippen LogP contribution in [0.2, 0.25) is 10.0 Å². The summed E-state index contributed by atoms with van der Waals surface area (Å²) in [6, 6.07) is 13.7. The first kappa shape index (κ1) is 28.1. The van der Waals surface area contributed by atoms with Crippen LogP contribution < -0.4 is 0 Å². The molecule has 2 aromatic carbocycles. The average molecular weight is 591 g/mol. The summed E-state index contributed by atoms with van der Waals surface area (Å²) < 4.78 is 32.8. The molecule has 39 heavy (non-hydrogen) atoms. The molecule has 0 radical (unpaired) electrons. The van der Waals surface area contributed by atoms with Crippen molar-refractivity contribution in [1.29, 1.82) is 0 Å². The first-order valence-electron chi connectivity index (χ1n) is 13.1. The Kier molecular flexibility index (Phi) is 7.85. The molecule has 2 aliphatic rings. The number of benzene rings is 2. The fourth-order valence-corrected chi connectivity index (χ4v) is 6.91. The molecule has 2 heterocycles. The molecule has 1 amide bonds. The molecule has 4 atom stereocenters. The number of carbonyl (C=O) groups excluding carboxylic acids is 1. The van der Waals surface area contributed by atoms with Gasteiger partial charge in [-0.3, -0.25) is 4.79 Å². The van der Waals surface area contributed by atoms with Crippen LogP contribution in [-0.4, -0.2) is 51.8 Å². The lowest BCUT2D eigenvalue weighted by molar-refractivity contribution is -0.179. The van der Waals surface area contributed by atoms with Crippen molar-refractivity contribution < 1.29 is 17.9 Å². The summed E-state index contributed by atoms with van der Waals surface area (Å²) in [5.41, 5.74) is 2.38. The predicted molar refractivity (Wildman–Crippen MR) is 152 cm³/mol. The number of imidazole rings is 1. The summed E-state index contributed by atoms with van der Waals surface area (Å²) in [4.78, 5) is 23.3. The smallest absolute Gasteiger partial charge is 0.253 e. The zero-order chi connectivity index (χ0) is 27.9. The number of hydrogen-bond acceptors (Lipinski definition) is 5. The van der Waals surface area contributed by atoms with Gasteiger partial charge in [0.15, 0.2) is 9.84 Å². The summed E-state index contributed by atoms with van der Waals surface area (Å²) >= 11 is 12.6. The van der Waals surface area contributed by atoms with Gasteiger partial charge in [0, 0.05) is 34.4 Å². The second kappa shape index (κ2) is 10.9. The highest BCUT2D eigenvalue weighted by Crippen LogP contribution is 2.48. The van der Waals surface area contributed by atoms with Crippen molar-refractivity contribution in [3.63, 3.8) is 0 Å². The Morgan fingerprint density at radius 1 is 1.08 bits per heavy atom. The lowest BCUT2D eigenvalue weighted by Crippen LogP contribution is -2.58. The maximum atomic E-state index is 14.4. The van der Waals surface area contributed by atoms with E-state index < -0.39 is 38.9 Å². The molecule has 0 bridgehead atoms. The maximum absolute atomic E-state index is 14.4. The lowest BCUT2D eigenvalue weighted by atomic mass is 9.89. The summed E-state index contributed by atoms with van der Waals surface area (Å²) in [5.74, 6) is -0.258. The van der Waals surface area contributed by atoms with Crippen LogP contribution in [0.3, 0.4) is 0 Å². The van der Waals surface area contributed by atoms with Crippen LogP contribution in [0, 0.1) is 5.92 Å². The monoisotopic (exact) mass is 589 g/mol. The number of halogens is 2. The molecule has 1 aliphatic carbocycles. The number of carbonyl (C=O) groups is 1. The van der Waals surface area contributed by atoms with E-state index in [1.165, 1.54) is 0 Å². The number of H-pyrrole nitrogens is 1. The van der Waals surface area contributed by atoms with Gasteiger partial charge < -0.3 is 14.6 Å². The standard InChI is InChI=1S/C29H33Cl2N3O4S/c1-29(2,3)39(36,37)16-24(18-7-8-18)34-26(19-9-11-21(30)12-10-19)27(20-5-4-6-22(31)13-20)38-25(28(34)35)14-23-15-32-17-33-23/h4-6,9-13,15,17-18,24-27H,7-8,14,16H2,1-3H3,(H,32,33)/t24-,25-,26-,27-/m1/s1. The Bertz CT molecular complexity index is 1420. The van der Waals surface area contributed by atoms with E-state index in [-0.39, 0.29) is 24.0 Å². The van der Waals surface area contributed by atoms with E-state index in [4.69, 9.17) is 27.9 Å². The van der Waals surface area contributed by atoms with Gasteiger partial charge in [-0.15, -0.1) is 0 Å². The molecule has 7 nitrogen and oxygen atoms in total. The molecule has 2 fully saturated rings. The van der Waals surface area contributed by atoms with Gasteiger partial charge >= 0.3 is 0 Å². The summed E-state index contributed by atoms with van der Waals surface area (Å²) in [5, 5.41) is 1.12. The zero-order valence-electron chi connectivity index (χ0n) is 22.2. The minimum atomic E-state index is -3.54. The normalized spacial score (nSPS) is 23.2. The Balaban J connectivity index is 1.66. The number of nitrogens with one attached hydrogen (secondary N) is 1. The highest BCUT2D eigenvalue weighted by Gasteiger charge is 2.52. The SMILES string of the molecule is CC(C)(C)S(=O)(=O)C[C@H](C1CC1)N1C(=O)[C@@H](Cc2cnc[nH]2)O[C@H](c2cccc(Cl)c2)[C@H]1c1ccc(Cl)cc1. The molecular formula is C29H33Cl2N3O4S. The van der Waals surface area contributed by atoms with E-state index in [1.807, 2.05) is 30.3 Å². The number of rotatable bonds is 8. The first-order valence-corrected chi connectivity index (χ1v) is 15.5. The van der Waals surface area contributed by atoms with E-state index in [0.29, 0.717) is 10.0 Å². The topological polar surface area (TPSA) is 92.4 Å². The zero-order valence-corrected chi connectivity index (χ0v) is 24.5. The number of ether oxygens (including phenoxy) is 1. The van der Waals surface area contributed by atoms with Crippen LogP contribution in [0.15, 0.2) is 61.1 Å². The summed E-state index contributed by atoms with van der Waals surface area (Å²) in [6.07, 6.45) is 3.83. The van der Waals surface area contributed by atoms with Gasteiger partial charge in [0.2, 0.25) is 0 Å². The van der Waals surface area contributed by atoms with Crippen molar-refractivity contribution in [3.8, 4) is 0 Å². The molecule has 0 unspecified atom stereocenters. The molecule has 5 rings (SSSR count). The third-order valence-corrected chi connectivity index (χ3v) is 10.8. The van der Waals surface area contributed by atoms with Crippen molar-refractivity contribution in [2.75, 3.05) is 5.75 Å². The van der Waals surface area contributed by atoms with Crippen LogP contribution in [-0.2, 0) is 25.8 Å². The fourth-order valence-electron chi connectivity index (χ4n) is 5.20. The Morgan fingerprint density at radius 3 is 2.38 bits per heavy atom. The van der Waals surface area contributed by atoms with Crippen molar-refractivity contribution in [2.24, 2.45) is 5.92 Å². The summed E-state index contributed by atoms with van der Waals surface area (Å²) in [6.45, 7) is 5.12. The largest absolute Gasteiger partial charge is 0.358 e. The third kappa shape index (κ3) is 6.04. The van der Waals surface area contributed by atoms with Crippen molar-refractivity contribution >= 4 is 38.9 Å². The highest BCUT2D eigenvalue weighted by molar-refractivity contribution is 7.92. The molecule has 10 heteroatoms. The molecule has 1 aliphatic heterocycles. The Morgan fingerprint density at radius 2 is 1.79 bits per heavy atom. The molecule has 3 aromatic rings. The highest BCUT2D eigenvalue weighted by atomic mass is 35.5. The number of nitrogens with zero attached hydrogens (tertiary/aromatic N) is 2. The molecular weight excluding hydrogens is 557 g/mol. The molecule has 0 spiro atoms. The quantitative estimate of drug-likeness (QED) is 0.350. The number of hydrogen-bond donors (Lipinski definition) is 1. The number of sulfone groups is 1. The second-order valence-corrected chi connectivity index (χ2v) is 15.1. The van der Waals surface area contributed by atoms with Crippen LogP contribution in [0.5, 0.6) is 0 Å². The lowest BCUT2D eigenvalue weighted by Gasteiger charge is -2.48. The fraction of sp³-hybridized carbons (Fsp3) is 0.448. The van der Waals surface area contributed by atoms with Gasteiger partial charge in [-0.05, 0) is 74.9 Å². The van der Waals surface area contributed by atoms with Crippen LogP contribution in [0.4, 0.5) is 0 Å². The number of amides is 1. The van der Waals surface area contributed by atoms with Crippen LogP contribution in [0.1, 0.15) is 62.6 Å². The summed E-state index contributed by atoms with van der Waals surface area (Å²) in [7, 11) is -3.54. The molecule has 208 valence electrons. The van der Waals surface area contributed by atoms with Gasteiger partial charge in [-0.25, -0.2) is 13.4 Å². The van der Waals surface area contributed by atoms with E-state index in [9.17, 15) is 13.2 Å². The van der Waals surface area contributed by atoms with Crippen molar-refractivity contribution in [3.05, 3.63) is 87.9 Å². The second-order valence-electron chi connectivity index (χ2n) is 11.4. The van der Waals surface area contributed by atoms with E-state index in [1.54, 1.807) is 56.4 Å². The van der Waals surface area contributed by atoms with Crippen molar-refractivity contribution in [1.82, 2.24) is 14.9 Å². The molecule has 1 aromatic heterocycles. The van der Waals surface area contributed by atoms with E-state index in [0.717, 1.165) is 29.7 Å². The van der Waals surface area contributed by atoms with Crippen LogP contribution >= 0.6 is 23.2 Å². The maximum Gasteiger partial charge on any atom is 0.253 e. The van der Waals surface area contributed by atoms with Gasteiger partial charge in [0.05, 0.1) is 22.9 Å². The van der Waals surface area contributed by atoms with Gasteiger partial charge in [0.25, 0.3) is 5.91 Å². The van der Waals surface area contributed by atoms with Crippen LogP contribution in [0.25, 0.3) is 0 Å². The Labute approximate surface area is 239 Å². The third-order valence-electron chi connectivity index (χ3n) is 7.62. The predicted octanol–water partition coefficient (Wildman–Crippen LogP) is 5.96. The van der Waals surface area contributed by atoms with Gasteiger partial charge in [-0.2, -0.15) is 0 Å². The van der Waals surface area contributed by atoms with Crippen molar-refractivity contribution in [2.45, 2.75) is 69.1 Å². The van der Waals surface area contributed by atoms with Gasteiger partial charge in [-0.1, -0.05) is 47.5 Å². The van der Waals surface area contributed by atoms with E-state index >= 15 is 0 Å². The average Bonchev–Trinajstić information content (AvgIpc) is 3.59. The number of aromatic amines is 1.